The van der Waals surface area contributed by atoms with Gasteiger partial charge in [-0.1, -0.05) is 11.6 Å². The first kappa shape index (κ1) is 13.0. The Morgan fingerprint density at radius 2 is 2.50 bits per heavy atom. The molecule has 0 aromatic carbocycles. The molecule has 1 fully saturated rings. The third kappa shape index (κ3) is 2.69. The van der Waals surface area contributed by atoms with Crippen LogP contribution in [0.5, 0.6) is 0 Å². The zero-order valence-electron chi connectivity index (χ0n) is 9.58. The first-order valence-electron chi connectivity index (χ1n) is 5.48. The number of morpholine rings is 1. The van der Waals surface area contributed by atoms with E-state index in [2.05, 4.69) is 4.98 Å². The lowest BCUT2D eigenvalue weighted by molar-refractivity contribution is -0.385. The van der Waals surface area contributed by atoms with Crippen LogP contribution < -0.4 is 10.6 Å². The number of hydrogen-bond donors (Lipinski definition) is 1. The summed E-state index contributed by atoms with van der Waals surface area (Å²) in [5.41, 5.74) is 5.43. The second kappa shape index (κ2) is 5.47. The van der Waals surface area contributed by atoms with E-state index in [1.807, 2.05) is 4.90 Å². The first-order chi connectivity index (χ1) is 8.61. The van der Waals surface area contributed by atoms with E-state index >= 15 is 0 Å². The summed E-state index contributed by atoms with van der Waals surface area (Å²) in [4.78, 5) is 16.0. The topological polar surface area (TPSA) is 94.5 Å². The Kier molecular flexibility index (Phi) is 3.95. The number of halogens is 1. The van der Waals surface area contributed by atoms with Gasteiger partial charge in [-0.25, -0.2) is 4.98 Å². The molecule has 2 rings (SSSR count). The molecule has 0 radical (unpaired) electrons. The molecule has 8 heteroatoms. The minimum atomic E-state index is -0.523. The molecule has 2 heterocycles. The molecule has 1 aromatic heterocycles. The van der Waals surface area contributed by atoms with Crippen molar-refractivity contribution in [1.29, 1.82) is 0 Å². The van der Waals surface area contributed by atoms with Crippen LogP contribution in [-0.4, -0.2) is 42.3 Å². The van der Waals surface area contributed by atoms with Gasteiger partial charge in [0.1, 0.15) is 12.0 Å². The quantitative estimate of drug-likeness (QED) is 0.646. The molecule has 0 amide bonds. The summed E-state index contributed by atoms with van der Waals surface area (Å²) in [6.07, 6.45) is 1.14. The monoisotopic (exact) mass is 272 g/mol. The van der Waals surface area contributed by atoms with Crippen molar-refractivity contribution >= 4 is 23.1 Å². The summed E-state index contributed by atoms with van der Waals surface area (Å²) in [6.45, 7) is 2.18. The van der Waals surface area contributed by atoms with Crippen molar-refractivity contribution in [2.75, 3.05) is 31.1 Å². The Hall–Kier alpha value is -1.44. The van der Waals surface area contributed by atoms with Crippen LogP contribution in [0.2, 0.25) is 5.02 Å². The third-order valence-electron chi connectivity index (χ3n) is 2.72. The first-order valence-corrected chi connectivity index (χ1v) is 5.86. The minimum Gasteiger partial charge on any atom is -0.373 e. The van der Waals surface area contributed by atoms with Crippen LogP contribution in [0.1, 0.15) is 0 Å². The smallest absolute Gasteiger partial charge is 0.289 e. The number of ether oxygens (including phenoxy) is 1. The van der Waals surface area contributed by atoms with Gasteiger partial charge in [0.2, 0.25) is 0 Å². The Labute approximate surface area is 109 Å². The van der Waals surface area contributed by atoms with Crippen molar-refractivity contribution in [3.63, 3.8) is 0 Å². The standard InChI is InChI=1S/C10H13ClN4O3/c11-9-3-7(15(16)17)5-13-10(9)14-1-2-18-8(4-12)6-14/h3,5,8H,1-2,4,6,12H2. The molecule has 98 valence electrons. The van der Waals surface area contributed by atoms with Gasteiger partial charge in [0, 0.05) is 25.7 Å². The second-order valence-electron chi connectivity index (χ2n) is 3.93. The molecule has 1 aromatic rings. The fourth-order valence-corrected chi connectivity index (χ4v) is 2.09. The maximum atomic E-state index is 10.6. The molecule has 1 unspecified atom stereocenters. The summed E-state index contributed by atoms with van der Waals surface area (Å²) in [6, 6.07) is 1.30. The van der Waals surface area contributed by atoms with Crippen LogP contribution >= 0.6 is 11.6 Å². The normalized spacial score (nSPS) is 19.9. The van der Waals surface area contributed by atoms with Crippen molar-refractivity contribution in [2.24, 2.45) is 5.73 Å². The molecule has 1 saturated heterocycles. The molecular formula is C10H13ClN4O3. The van der Waals surface area contributed by atoms with E-state index in [0.717, 1.165) is 0 Å². The summed E-state index contributed by atoms with van der Waals surface area (Å²) < 4.78 is 5.43. The lowest BCUT2D eigenvalue weighted by atomic mass is 10.2. The highest BCUT2D eigenvalue weighted by atomic mass is 35.5. The molecule has 0 spiro atoms. The van der Waals surface area contributed by atoms with Crippen molar-refractivity contribution < 1.29 is 9.66 Å². The van der Waals surface area contributed by atoms with Gasteiger partial charge in [0.25, 0.3) is 5.69 Å². The van der Waals surface area contributed by atoms with E-state index in [1.54, 1.807) is 0 Å². The predicted octanol–water partition coefficient (Wildman–Crippen LogP) is 0.807. The number of nitrogens with zero attached hydrogens (tertiary/aromatic N) is 3. The fraction of sp³-hybridized carbons (Fsp3) is 0.500. The van der Waals surface area contributed by atoms with Crippen LogP contribution in [0.3, 0.4) is 0 Å². The molecule has 0 saturated carbocycles. The molecule has 7 nitrogen and oxygen atoms in total. The summed E-state index contributed by atoms with van der Waals surface area (Å²) in [5.74, 6) is 0.531. The van der Waals surface area contributed by atoms with Crippen molar-refractivity contribution in [3.05, 3.63) is 27.4 Å². The van der Waals surface area contributed by atoms with Gasteiger partial charge in [-0.2, -0.15) is 0 Å². The molecule has 2 N–H and O–H groups in total. The molecule has 1 aliphatic heterocycles. The average molecular weight is 273 g/mol. The molecule has 1 aliphatic rings. The molecular weight excluding hydrogens is 260 g/mol. The number of rotatable bonds is 3. The third-order valence-corrected chi connectivity index (χ3v) is 3.00. The van der Waals surface area contributed by atoms with Gasteiger partial charge in [-0.15, -0.1) is 0 Å². The highest BCUT2D eigenvalue weighted by Crippen LogP contribution is 2.28. The number of anilines is 1. The fourth-order valence-electron chi connectivity index (χ4n) is 1.81. The summed E-state index contributed by atoms with van der Waals surface area (Å²) in [5, 5.41) is 10.9. The van der Waals surface area contributed by atoms with Crippen molar-refractivity contribution in [3.8, 4) is 0 Å². The van der Waals surface area contributed by atoms with Crippen LogP contribution in [0.25, 0.3) is 0 Å². The van der Waals surface area contributed by atoms with E-state index in [4.69, 9.17) is 22.1 Å². The molecule has 18 heavy (non-hydrogen) atoms. The number of hydrogen-bond acceptors (Lipinski definition) is 6. The van der Waals surface area contributed by atoms with Crippen LogP contribution in [-0.2, 0) is 4.74 Å². The Morgan fingerprint density at radius 3 is 3.11 bits per heavy atom. The Morgan fingerprint density at radius 1 is 1.72 bits per heavy atom. The van der Waals surface area contributed by atoms with E-state index < -0.39 is 4.92 Å². The van der Waals surface area contributed by atoms with Gasteiger partial charge in [-0.05, 0) is 0 Å². The van der Waals surface area contributed by atoms with E-state index in [-0.39, 0.29) is 16.8 Å². The lowest BCUT2D eigenvalue weighted by Crippen LogP contribution is -2.46. The average Bonchev–Trinajstić information content (AvgIpc) is 2.38. The molecule has 0 bridgehead atoms. The summed E-state index contributed by atoms with van der Waals surface area (Å²) >= 11 is 6.02. The van der Waals surface area contributed by atoms with E-state index in [9.17, 15) is 10.1 Å². The maximum Gasteiger partial charge on any atom is 0.289 e. The van der Waals surface area contributed by atoms with Crippen molar-refractivity contribution in [1.82, 2.24) is 4.98 Å². The van der Waals surface area contributed by atoms with Gasteiger partial charge in [-0.3, -0.25) is 10.1 Å². The lowest BCUT2D eigenvalue weighted by Gasteiger charge is -2.33. The number of nitrogens with two attached hydrogens (primary N) is 1. The van der Waals surface area contributed by atoms with Gasteiger partial charge >= 0.3 is 0 Å². The van der Waals surface area contributed by atoms with Gasteiger partial charge < -0.3 is 15.4 Å². The highest BCUT2D eigenvalue weighted by Gasteiger charge is 2.23. The molecule has 1 atom stereocenters. The van der Waals surface area contributed by atoms with E-state index in [0.29, 0.717) is 32.1 Å². The minimum absolute atomic E-state index is 0.0631. The number of nitro groups is 1. The predicted molar refractivity (Wildman–Crippen MR) is 66.9 cm³/mol. The van der Waals surface area contributed by atoms with Crippen LogP contribution in [0, 0.1) is 10.1 Å². The van der Waals surface area contributed by atoms with Crippen LogP contribution in [0.15, 0.2) is 12.3 Å². The van der Waals surface area contributed by atoms with Crippen LogP contribution in [0.4, 0.5) is 11.5 Å². The Balaban J connectivity index is 2.20. The number of pyridine rings is 1. The zero-order valence-corrected chi connectivity index (χ0v) is 10.3. The van der Waals surface area contributed by atoms with Gasteiger partial charge in [0.15, 0.2) is 0 Å². The zero-order chi connectivity index (χ0) is 13.1. The van der Waals surface area contributed by atoms with Gasteiger partial charge in [0.05, 0.1) is 22.7 Å². The summed E-state index contributed by atoms with van der Waals surface area (Å²) in [7, 11) is 0. The molecule has 0 aliphatic carbocycles. The number of aromatic nitrogens is 1. The largest absolute Gasteiger partial charge is 0.373 e. The van der Waals surface area contributed by atoms with E-state index in [1.165, 1.54) is 12.3 Å². The Bertz CT molecular complexity index is 457. The van der Waals surface area contributed by atoms with Crippen molar-refractivity contribution in [2.45, 2.75) is 6.10 Å². The second-order valence-corrected chi connectivity index (χ2v) is 4.34. The maximum absolute atomic E-state index is 10.6. The highest BCUT2D eigenvalue weighted by molar-refractivity contribution is 6.33. The SMILES string of the molecule is NCC1CN(c2ncc([N+](=O)[O-])cc2Cl)CCO1.